The van der Waals surface area contributed by atoms with Gasteiger partial charge in [-0.25, -0.2) is 4.98 Å². The van der Waals surface area contributed by atoms with Gasteiger partial charge in [0.25, 0.3) is 5.91 Å². The summed E-state index contributed by atoms with van der Waals surface area (Å²) in [7, 11) is 0. The summed E-state index contributed by atoms with van der Waals surface area (Å²) in [6.07, 6.45) is 2.26. The minimum absolute atomic E-state index is 0.124. The number of hydrogen-bond donors (Lipinski definition) is 1. The molecule has 1 aliphatic heterocycles. The molecule has 0 radical (unpaired) electrons. The zero-order valence-corrected chi connectivity index (χ0v) is 10.9. The van der Waals surface area contributed by atoms with Crippen molar-refractivity contribution >= 4 is 28.9 Å². The van der Waals surface area contributed by atoms with Crippen LogP contribution >= 0.6 is 11.6 Å². The molecule has 2 N–H and O–H groups in total. The number of nitrogens with two attached hydrogens (primary N) is 1. The number of carbonyl (C=O) groups is 1. The van der Waals surface area contributed by atoms with Gasteiger partial charge >= 0.3 is 0 Å². The SMILES string of the molecule is Nc1cccc2c1CCN2C(=O)c1ccc(Cl)cn1. The van der Waals surface area contributed by atoms with Gasteiger partial charge in [-0.1, -0.05) is 17.7 Å². The maximum absolute atomic E-state index is 12.4. The number of aromatic nitrogens is 1. The topological polar surface area (TPSA) is 59.2 Å². The summed E-state index contributed by atoms with van der Waals surface area (Å²) >= 11 is 5.77. The number of pyridine rings is 1. The van der Waals surface area contributed by atoms with Crippen LogP contribution in [0.4, 0.5) is 11.4 Å². The van der Waals surface area contributed by atoms with E-state index in [2.05, 4.69) is 4.98 Å². The number of fused-ring (bicyclic) bond motifs is 1. The summed E-state index contributed by atoms with van der Waals surface area (Å²) in [4.78, 5) is 18.2. The molecule has 19 heavy (non-hydrogen) atoms. The second-order valence-electron chi connectivity index (χ2n) is 4.41. The van der Waals surface area contributed by atoms with Gasteiger partial charge in [-0.3, -0.25) is 4.79 Å². The van der Waals surface area contributed by atoms with Crippen LogP contribution in [0.2, 0.25) is 5.02 Å². The van der Waals surface area contributed by atoms with Crippen molar-refractivity contribution in [2.24, 2.45) is 0 Å². The van der Waals surface area contributed by atoms with E-state index in [1.165, 1.54) is 6.20 Å². The van der Waals surface area contributed by atoms with E-state index in [-0.39, 0.29) is 5.91 Å². The Balaban J connectivity index is 1.95. The highest BCUT2D eigenvalue weighted by Crippen LogP contribution is 2.32. The van der Waals surface area contributed by atoms with E-state index in [9.17, 15) is 4.79 Å². The highest BCUT2D eigenvalue weighted by Gasteiger charge is 2.27. The predicted octanol–water partition coefficient (Wildman–Crippen LogP) is 2.52. The molecule has 4 nitrogen and oxygen atoms in total. The molecule has 0 atom stereocenters. The smallest absolute Gasteiger partial charge is 0.276 e. The van der Waals surface area contributed by atoms with Gasteiger partial charge in [0, 0.05) is 29.7 Å². The number of hydrogen-bond acceptors (Lipinski definition) is 3. The first kappa shape index (κ1) is 12.0. The Hall–Kier alpha value is -2.07. The van der Waals surface area contributed by atoms with Gasteiger partial charge in [0.05, 0.1) is 5.02 Å². The monoisotopic (exact) mass is 273 g/mol. The standard InChI is InChI=1S/C14H12ClN3O/c15-9-4-5-12(17-8-9)14(19)18-7-6-10-11(16)2-1-3-13(10)18/h1-5,8H,6-7,16H2. The molecule has 1 aliphatic rings. The van der Waals surface area contributed by atoms with E-state index in [0.29, 0.717) is 17.3 Å². The molecule has 0 saturated carbocycles. The van der Waals surface area contributed by atoms with E-state index in [0.717, 1.165) is 23.4 Å². The quantitative estimate of drug-likeness (QED) is 0.812. The molecule has 0 bridgehead atoms. The average Bonchev–Trinajstić information content (AvgIpc) is 2.84. The number of nitrogen functional groups attached to an aromatic ring is 1. The zero-order chi connectivity index (χ0) is 13.4. The van der Waals surface area contributed by atoms with Crippen LogP contribution in [0.15, 0.2) is 36.5 Å². The van der Waals surface area contributed by atoms with E-state index in [1.807, 2.05) is 18.2 Å². The lowest BCUT2D eigenvalue weighted by atomic mass is 10.1. The Morgan fingerprint density at radius 1 is 1.32 bits per heavy atom. The van der Waals surface area contributed by atoms with Crippen molar-refractivity contribution in [3.05, 3.63) is 52.8 Å². The summed E-state index contributed by atoms with van der Waals surface area (Å²) in [5.41, 5.74) is 8.95. The Labute approximate surface area is 115 Å². The third-order valence-corrected chi connectivity index (χ3v) is 3.48. The first-order valence-electron chi connectivity index (χ1n) is 5.97. The van der Waals surface area contributed by atoms with Crippen LogP contribution < -0.4 is 10.6 Å². The van der Waals surface area contributed by atoms with Crippen molar-refractivity contribution in [3.63, 3.8) is 0 Å². The van der Waals surface area contributed by atoms with Crippen LogP contribution in [0.25, 0.3) is 0 Å². The van der Waals surface area contributed by atoms with Crippen LogP contribution in [-0.4, -0.2) is 17.4 Å². The summed E-state index contributed by atoms with van der Waals surface area (Å²) in [5.74, 6) is -0.124. The molecule has 0 aliphatic carbocycles. The minimum Gasteiger partial charge on any atom is -0.398 e. The fourth-order valence-electron chi connectivity index (χ4n) is 2.31. The molecule has 0 fully saturated rings. The Morgan fingerprint density at radius 3 is 2.89 bits per heavy atom. The van der Waals surface area contributed by atoms with Crippen molar-refractivity contribution in [1.29, 1.82) is 0 Å². The molecule has 1 aromatic heterocycles. The number of rotatable bonds is 1. The van der Waals surface area contributed by atoms with Crippen molar-refractivity contribution in [3.8, 4) is 0 Å². The van der Waals surface area contributed by atoms with E-state index >= 15 is 0 Å². The zero-order valence-electron chi connectivity index (χ0n) is 10.1. The summed E-state index contributed by atoms with van der Waals surface area (Å²) in [6.45, 7) is 0.632. The van der Waals surface area contributed by atoms with Crippen LogP contribution in [0.3, 0.4) is 0 Å². The van der Waals surface area contributed by atoms with Gasteiger partial charge in [-0.05, 0) is 30.7 Å². The largest absolute Gasteiger partial charge is 0.398 e. The number of nitrogens with zero attached hydrogens (tertiary/aromatic N) is 2. The normalized spacial score (nSPS) is 13.4. The molecule has 96 valence electrons. The second kappa shape index (κ2) is 4.55. The lowest BCUT2D eigenvalue weighted by molar-refractivity contribution is 0.0984. The van der Waals surface area contributed by atoms with Crippen molar-refractivity contribution in [1.82, 2.24) is 4.98 Å². The van der Waals surface area contributed by atoms with E-state index in [1.54, 1.807) is 17.0 Å². The lowest BCUT2D eigenvalue weighted by Gasteiger charge is -2.17. The van der Waals surface area contributed by atoms with Crippen LogP contribution in [0, 0.1) is 0 Å². The molecular weight excluding hydrogens is 262 g/mol. The maximum atomic E-state index is 12.4. The molecular formula is C14H12ClN3O. The molecule has 3 rings (SSSR count). The maximum Gasteiger partial charge on any atom is 0.276 e. The van der Waals surface area contributed by atoms with Gasteiger partial charge in [0.15, 0.2) is 0 Å². The minimum atomic E-state index is -0.124. The van der Waals surface area contributed by atoms with Crippen molar-refractivity contribution in [2.75, 3.05) is 17.2 Å². The number of carbonyl (C=O) groups excluding carboxylic acids is 1. The lowest BCUT2D eigenvalue weighted by Crippen LogP contribution is -2.29. The van der Waals surface area contributed by atoms with Crippen molar-refractivity contribution in [2.45, 2.75) is 6.42 Å². The average molecular weight is 274 g/mol. The van der Waals surface area contributed by atoms with Crippen molar-refractivity contribution < 1.29 is 4.79 Å². The van der Waals surface area contributed by atoms with Crippen LogP contribution in [0.5, 0.6) is 0 Å². The Morgan fingerprint density at radius 2 is 2.16 bits per heavy atom. The second-order valence-corrected chi connectivity index (χ2v) is 4.85. The highest BCUT2D eigenvalue weighted by molar-refractivity contribution is 6.30. The number of halogens is 1. The molecule has 0 saturated heterocycles. The van der Waals surface area contributed by atoms with Gasteiger partial charge in [0.1, 0.15) is 5.69 Å². The molecule has 1 amide bonds. The van der Waals surface area contributed by atoms with E-state index in [4.69, 9.17) is 17.3 Å². The summed E-state index contributed by atoms with van der Waals surface area (Å²) < 4.78 is 0. The molecule has 1 aromatic carbocycles. The van der Waals surface area contributed by atoms with E-state index < -0.39 is 0 Å². The van der Waals surface area contributed by atoms with Crippen LogP contribution in [0.1, 0.15) is 16.1 Å². The van der Waals surface area contributed by atoms with Gasteiger partial charge < -0.3 is 10.6 Å². The number of amides is 1. The Kier molecular flexibility index (Phi) is 2.87. The first-order valence-corrected chi connectivity index (χ1v) is 6.35. The fraction of sp³-hybridized carbons (Fsp3) is 0.143. The van der Waals surface area contributed by atoms with Crippen LogP contribution in [-0.2, 0) is 6.42 Å². The predicted molar refractivity (Wildman–Crippen MR) is 75.5 cm³/mol. The number of anilines is 2. The number of benzene rings is 1. The van der Waals surface area contributed by atoms with Gasteiger partial charge in [-0.15, -0.1) is 0 Å². The van der Waals surface area contributed by atoms with Gasteiger partial charge in [-0.2, -0.15) is 0 Å². The fourth-order valence-corrected chi connectivity index (χ4v) is 2.42. The highest BCUT2D eigenvalue weighted by atomic mass is 35.5. The summed E-state index contributed by atoms with van der Waals surface area (Å²) in [5, 5.41) is 0.516. The Bertz CT molecular complexity index is 640. The van der Waals surface area contributed by atoms with Gasteiger partial charge in [0.2, 0.25) is 0 Å². The molecule has 0 spiro atoms. The molecule has 2 heterocycles. The summed E-state index contributed by atoms with van der Waals surface area (Å²) in [6, 6.07) is 8.92. The molecule has 5 heteroatoms. The third kappa shape index (κ3) is 2.04. The first-order chi connectivity index (χ1) is 9.16. The third-order valence-electron chi connectivity index (χ3n) is 3.26. The molecule has 2 aromatic rings. The molecule has 0 unspecified atom stereocenters.